The fraction of sp³-hybridized carbons (Fsp3) is 0.0667. The highest BCUT2D eigenvalue weighted by atomic mass is 79.9. The molecule has 0 aliphatic carbocycles. The molecular weight excluding hydrogens is 373 g/mol. The van der Waals surface area contributed by atoms with Crippen molar-refractivity contribution in [2.24, 2.45) is 0 Å². The van der Waals surface area contributed by atoms with Crippen LogP contribution in [0.1, 0.15) is 11.4 Å². The molecule has 3 aromatic rings. The normalized spacial score (nSPS) is 10.8. The van der Waals surface area contributed by atoms with E-state index in [2.05, 4.69) is 27.0 Å². The lowest BCUT2D eigenvalue weighted by molar-refractivity contribution is 0.977. The molecule has 2 aromatic carbocycles. The largest absolute Gasteiger partial charge is 0.294 e. The van der Waals surface area contributed by atoms with Gasteiger partial charge in [0.2, 0.25) is 0 Å². The number of rotatable bonds is 2. The Hall–Kier alpha value is -1.54. The summed E-state index contributed by atoms with van der Waals surface area (Å²) in [5.74, 6) is 0.923. The van der Waals surface area contributed by atoms with Crippen LogP contribution in [0.3, 0.4) is 0 Å². The predicted octanol–water partition coefficient (Wildman–Crippen LogP) is 5.05. The summed E-state index contributed by atoms with van der Waals surface area (Å²) in [6, 6.07) is 13.2. The van der Waals surface area contributed by atoms with Crippen LogP contribution in [0.5, 0.6) is 0 Å². The number of halogens is 3. The first-order chi connectivity index (χ1) is 10.2. The standard InChI is InChI=1S/C15H8BrCl2N3/c16-11-6-10(18)4-5-12(11)21-13-3-1-2-9(8-19)15(13)20-14(21)7-17/h1-6H,7H2. The van der Waals surface area contributed by atoms with Gasteiger partial charge in [-0.25, -0.2) is 4.98 Å². The molecule has 3 nitrogen and oxygen atoms in total. The van der Waals surface area contributed by atoms with Gasteiger partial charge in [0.15, 0.2) is 0 Å². The second-order valence-corrected chi connectivity index (χ2v) is 5.94. The van der Waals surface area contributed by atoms with Gasteiger partial charge in [0.1, 0.15) is 17.4 Å². The lowest BCUT2D eigenvalue weighted by atomic mass is 10.2. The second kappa shape index (κ2) is 5.69. The van der Waals surface area contributed by atoms with Crippen molar-refractivity contribution in [3.05, 3.63) is 57.3 Å². The Bertz CT molecular complexity index is 880. The summed E-state index contributed by atoms with van der Waals surface area (Å²) in [7, 11) is 0. The van der Waals surface area contributed by atoms with E-state index in [9.17, 15) is 5.26 Å². The summed E-state index contributed by atoms with van der Waals surface area (Å²) in [4.78, 5) is 4.50. The Morgan fingerprint density at radius 3 is 2.76 bits per heavy atom. The number of alkyl halides is 1. The average Bonchev–Trinajstić information content (AvgIpc) is 2.85. The number of nitriles is 1. The Morgan fingerprint density at radius 2 is 2.10 bits per heavy atom. The number of aromatic nitrogens is 2. The highest BCUT2D eigenvalue weighted by molar-refractivity contribution is 9.10. The third-order valence-corrected chi connectivity index (χ3v) is 4.25. The molecule has 104 valence electrons. The highest BCUT2D eigenvalue weighted by Crippen LogP contribution is 2.30. The number of hydrogen-bond acceptors (Lipinski definition) is 2. The highest BCUT2D eigenvalue weighted by Gasteiger charge is 2.16. The lowest BCUT2D eigenvalue weighted by Crippen LogP contribution is -2.00. The first kappa shape index (κ1) is 14.4. The quantitative estimate of drug-likeness (QED) is 0.583. The molecular formula is C15H8BrCl2N3. The molecule has 0 spiro atoms. The molecule has 1 heterocycles. The number of imidazole rings is 1. The third kappa shape index (κ3) is 2.42. The number of benzene rings is 2. The van der Waals surface area contributed by atoms with Crippen LogP contribution < -0.4 is 0 Å². The number of fused-ring (bicyclic) bond motifs is 1. The van der Waals surface area contributed by atoms with Gasteiger partial charge in [0.05, 0.1) is 22.6 Å². The van der Waals surface area contributed by atoms with E-state index in [1.807, 2.05) is 28.8 Å². The molecule has 0 radical (unpaired) electrons. The topological polar surface area (TPSA) is 41.6 Å². The van der Waals surface area contributed by atoms with Crippen LogP contribution in [-0.2, 0) is 5.88 Å². The zero-order chi connectivity index (χ0) is 15.0. The molecule has 0 N–H and O–H groups in total. The molecule has 0 bridgehead atoms. The Balaban J connectivity index is 2.39. The third-order valence-electron chi connectivity index (χ3n) is 3.15. The zero-order valence-electron chi connectivity index (χ0n) is 10.6. The smallest absolute Gasteiger partial charge is 0.129 e. The van der Waals surface area contributed by atoms with E-state index in [-0.39, 0.29) is 5.88 Å². The van der Waals surface area contributed by atoms with Crippen molar-refractivity contribution < 1.29 is 0 Å². The fourth-order valence-electron chi connectivity index (χ4n) is 2.26. The zero-order valence-corrected chi connectivity index (χ0v) is 13.7. The Kier molecular flexibility index (Phi) is 3.90. The van der Waals surface area contributed by atoms with Gasteiger partial charge in [-0.05, 0) is 46.3 Å². The Labute approximate surface area is 139 Å². The van der Waals surface area contributed by atoms with E-state index in [0.29, 0.717) is 21.9 Å². The molecule has 0 atom stereocenters. The maximum absolute atomic E-state index is 9.21. The molecule has 0 amide bonds. The number of para-hydroxylation sites is 1. The second-order valence-electron chi connectivity index (χ2n) is 4.38. The maximum atomic E-state index is 9.21. The first-order valence-electron chi connectivity index (χ1n) is 6.07. The van der Waals surface area contributed by atoms with E-state index in [1.54, 1.807) is 12.1 Å². The van der Waals surface area contributed by atoms with Gasteiger partial charge < -0.3 is 0 Å². The minimum atomic E-state index is 0.245. The fourth-order valence-corrected chi connectivity index (χ4v) is 3.30. The van der Waals surface area contributed by atoms with Crippen LogP contribution in [-0.4, -0.2) is 9.55 Å². The van der Waals surface area contributed by atoms with Crippen LogP contribution in [0.15, 0.2) is 40.9 Å². The predicted molar refractivity (Wildman–Crippen MR) is 88.1 cm³/mol. The van der Waals surface area contributed by atoms with Crippen molar-refractivity contribution in [1.82, 2.24) is 9.55 Å². The molecule has 1 aromatic heterocycles. The van der Waals surface area contributed by atoms with Gasteiger partial charge in [-0.15, -0.1) is 11.6 Å². The summed E-state index contributed by atoms with van der Waals surface area (Å²) in [6.07, 6.45) is 0. The van der Waals surface area contributed by atoms with E-state index >= 15 is 0 Å². The Morgan fingerprint density at radius 1 is 1.29 bits per heavy atom. The van der Waals surface area contributed by atoms with Gasteiger partial charge in [0, 0.05) is 9.50 Å². The van der Waals surface area contributed by atoms with Crippen molar-refractivity contribution in [3.63, 3.8) is 0 Å². The van der Waals surface area contributed by atoms with Crippen LogP contribution in [0, 0.1) is 11.3 Å². The molecule has 3 rings (SSSR count). The SMILES string of the molecule is N#Cc1cccc2c1nc(CCl)n2-c1ccc(Cl)cc1Br. The molecule has 0 aliphatic heterocycles. The van der Waals surface area contributed by atoms with E-state index in [4.69, 9.17) is 23.2 Å². The first-order valence-corrected chi connectivity index (χ1v) is 7.78. The summed E-state index contributed by atoms with van der Waals surface area (Å²) in [5, 5.41) is 9.85. The van der Waals surface area contributed by atoms with Crippen molar-refractivity contribution in [3.8, 4) is 11.8 Å². The summed E-state index contributed by atoms with van der Waals surface area (Å²) < 4.78 is 2.77. The summed E-state index contributed by atoms with van der Waals surface area (Å²) >= 11 is 15.5. The van der Waals surface area contributed by atoms with E-state index in [1.165, 1.54) is 0 Å². The number of nitrogens with zero attached hydrogens (tertiary/aromatic N) is 3. The van der Waals surface area contributed by atoms with Crippen LogP contribution in [0.4, 0.5) is 0 Å². The average molecular weight is 381 g/mol. The van der Waals surface area contributed by atoms with Crippen molar-refractivity contribution in [2.45, 2.75) is 5.88 Å². The van der Waals surface area contributed by atoms with Gasteiger partial charge in [-0.3, -0.25) is 4.57 Å². The van der Waals surface area contributed by atoms with Crippen molar-refractivity contribution >= 4 is 50.2 Å². The lowest BCUT2D eigenvalue weighted by Gasteiger charge is -2.10. The summed E-state index contributed by atoms with van der Waals surface area (Å²) in [6.45, 7) is 0. The monoisotopic (exact) mass is 379 g/mol. The molecule has 0 saturated heterocycles. The van der Waals surface area contributed by atoms with Crippen LogP contribution in [0.25, 0.3) is 16.7 Å². The van der Waals surface area contributed by atoms with Crippen molar-refractivity contribution in [2.75, 3.05) is 0 Å². The molecule has 0 aliphatic rings. The van der Waals surface area contributed by atoms with E-state index < -0.39 is 0 Å². The van der Waals surface area contributed by atoms with Gasteiger partial charge in [-0.2, -0.15) is 5.26 Å². The van der Waals surface area contributed by atoms with E-state index in [0.717, 1.165) is 15.7 Å². The van der Waals surface area contributed by atoms with Crippen molar-refractivity contribution in [1.29, 1.82) is 5.26 Å². The molecule has 0 fully saturated rings. The minimum Gasteiger partial charge on any atom is -0.294 e. The molecule has 6 heteroatoms. The van der Waals surface area contributed by atoms with Gasteiger partial charge in [-0.1, -0.05) is 17.7 Å². The molecule has 0 unspecified atom stereocenters. The van der Waals surface area contributed by atoms with Gasteiger partial charge >= 0.3 is 0 Å². The minimum absolute atomic E-state index is 0.245. The molecule has 21 heavy (non-hydrogen) atoms. The van der Waals surface area contributed by atoms with Gasteiger partial charge in [0.25, 0.3) is 0 Å². The number of hydrogen-bond donors (Lipinski definition) is 0. The maximum Gasteiger partial charge on any atom is 0.129 e. The summed E-state index contributed by atoms with van der Waals surface area (Å²) in [5.41, 5.74) is 2.90. The molecule has 0 saturated carbocycles. The van der Waals surface area contributed by atoms with Crippen LogP contribution >= 0.6 is 39.1 Å². The van der Waals surface area contributed by atoms with Crippen LogP contribution in [0.2, 0.25) is 5.02 Å².